The van der Waals surface area contributed by atoms with Crippen molar-refractivity contribution in [1.29, 1.82) is 0 Å². The number of halogens is 1. The zero-order valence-electron chi connectivity index (χ0n) is 53.3. The minimum atomic E-state index is -1.55. The minimum Gasteiger partial charge on any atom is -0.237 e. The van der Waals surface area contributed by atoms with Gasteiger partial charge in [0.05, 0.1) is 16.1 Å². The minimum absolute atomic E-state index is 0.171. The fraction of sp³-hybridized carbons (Fsp3) is 0.210. The summed E-state index contributed by atoms with van der Waals surface area (Å²) >= 11 is 8.29. The molecule has 8 nitrogen and oxygen atoms in total. The van der Waals surface area contributed by atoms with E-state index in [9.17, 15) is 0 Å². The Morgan fingerprint density at radius 1 is 0.387 bits per heavy atom. The normalized spacial score (nSPS) is 18.8. The van der Waals surface area contributed by atoms with Crippen LogP contribution >= 0.6 is 22.9 Å². The molecule has 13 aromatic rings. The Hall–Kier alpha value is -8.98. The van der Waals surface area contributed by atoms with E-state index in [1.165, 1.54) is 107 Å². The average Bonchev–Trinajstić information content (AvgIpc) is 1.63. The number of hydrogen-bond donors (Lipinski definition) is 0. The van der Waals surface area contributed by atoms with Crippen LogP contribution in [0.3, 0.4) is 0 Å². The van der Waals surface area contributed by atoms with Gasteiger partial charge in [-0.1, -0.05) is 212 Å². The van der Waals surface area contributed by atoms with E-state index < -0.39 is 16.1 Å². The maximum Gasteiger partial charge on any atom is 0.182 e. The lowest BCUT2D eigenvalue weighted by molar-refractivity contribution is -0.0399. The van der Waals surface area contributed by atoms with Gasteiger partial charge in [0.2, 0.25) is 0 Å². The number of nitrogens with zero attached hydrogens (tertiary/aromatic N) is 8. The number of aryl methyl sites for hydroxylation is 1. The molecular weight excluding hydrogens is 1210 g/mol. The topological polar surface area (TPSA) is 103 Å². The maximum atomic E-state index is 6.41. The fourth-order valence-electron chi connectivity index (χ4n) is 16.3. The zero-order chi connectivity index (χ0) is 63.1. The Balaban J connectivity index is 0.807. The van der Waals surface area contributed by atoms with Crippen molar-refractivity contribution in [3.63, 3.8) is 0 Å². The Morgan fingerprint density at radius 2 is 0.849 bits per heavy atom. The molecule has 4 bridgehead atoms. The lowest BCUT2D eigenvalue weighted by atomic mass is 9.43. The van der Waals surface area contributed by atoms with Gasteiger partial charge in [0, 0.05) is 75.8 Å². The highest BCUT2D eigenvalue weighted by molar-refractivity contribution is 7.26. The number of benzene rings is 9. The third-order valence-corrected chi connectivity index (χ3v) is 26.4. The summed E-state index contributed by atoms with van der Waals surface area (Å²) in [6, 6.07) is 73.0. The number of fused-ring (bicyclic) bond motifs is 6. The largest absolute Gasteiger partial charge is 0.237 e. The molecule has 4 heterocycles. The predicted octanol–water partition coefficient (Wildman–Crippen LogP) is 20.0. The van der Waals surface area contributed by atoms with Crippen LogP contribution < -0.4 is 10.4 Å². The van der Waals surface area contributed by atoms with Crippen LogP contribution in [0.1, 0.15) is 48.8 Å². The summed E-state index contributed by atoms with van der Waals surface area (Å²) in [5, 5.41) is 5.97. The summed E-state index contributed by atoms with van der Waals surface area (Å²) in [7, 11) is -3.09. The first kappa shape index (κ1) is 57.9. The van der Waals surface area contributed by atoms with Crippen LogP contribution in [-0.4, -0.2) is 56.0 Å². The second-order valence-electron chi connectivity index (χ2n) is 28.6. The van der Waals surface area contributed by atoms with Crippen LogP contribution in [0.2, 0.25) is 44.3 Å². The monoisotopic (exact) mass is 1280 g/mol. The average molecular weight is 1280 g/mol. The molecule has 9 aromatic carbocycles. The highest BCUT2D eigenvalue weighted by Gasteiger charge is 2.61. The molecule has 5 aliphatic carbocycles. The molecule has 0 saturated heterocycles. The van der Waals surface area contributed by atoms with Gasteiger partial charge in [0.25, 0.3) is 0 Å². The summed E-state index contributed by atoms with van der Waals surface area (Å²) in [5.74, 6) is 6.83. The summed E-state index contributed by atoms with van der Waals surface area (Å²) in [6.07, 6.45) is 8.22. The first-order chi connectivity index (χ1) is 45.0. The van der Waals surface area contributed by atoms with Crippen molar-refractivity contribution in [1.82, 2.24) is 39.9 Å². The first-order valence-corrected chi connectivity index (χ1v) is 41.0. The lowest BCUT2D eigenvalue weighted by Crippen LogP contribution is -2.55. The molecule has 18 rings (SSSR count). The molecule has 5 aliphatic rings. The smallest absolute Gasteiger partial charge is 0.182 e. The molecule has 4 aromatic heterocycles. The van der Waals surface area contributed by atoms with Gasteiger partial charge in [-0.25, -0.2) is 39.9 Å². The van der Waals surface area contributed by atoms with Gasteiger partial charge in [-0.2, -0.15) is 0 Å². The van der Waals surface area contributed by atoms with Crippen LogP contribution in [0.15, 0.2) is 206 Å². The molecule has 1 spiro atoms. The van der Waals surface area contributed by atoms with E-state index >= 15 is 0 Å². The molecule has 93 heavy (non-hydrogen) atoms. The fourth-order valence-corrected chi connectivity index (χ4v) is 20.0. The number of hydrogen-bond acceptors (Lipinski definition) is 9. The SMILES string of the molecule is Cc1ccc(-c2nc(-c3ccc([Si](C)(C)C)cc3)nc(-c3ccc(-c4ccc5c(c4)C4(c6cc(-c7nccc(-c8nc(-c9ccc(Cl)cc9)nc(-c9ccc([Si](C)(C)C)cc9)n8)n7)ccc6-5)C5CC6CC(C5)CC4C6)c(-c4cccc5c4sc4ccccc45)c3)n2)cc1. The summed E-state index contributed by atoms with van der Waals surface area (Å²) in [6.45, 7) is 16.4. The van der Waals surface area contributed by atoms with Crippen molar-refractivity contribution in [2.24, 2.45) is 23.7 Å². The van der Waals surface area contributed by atoms with E-state index in [0.717, 1.165) is 50.8 Å². The molecule has 0 radical (unpaired) electrons. The van der Waals surface area contributed by atoms with E-state index in [1.807, 2.05) is 47.9 Å². The second-order valence-corrected chi connectivity index (χ2v) is 40.3. The third kappa shape index (κ3) is 10.0. The summed E-state index contributed by atoms with van der Waals surface area (Å²) in [5.41, 5.74) is 17.6. The van der Waals surface area contributed by atoms with Crippen LogP contribution in [0.4, 0.5) is 0 Å². The van der Waals surface area contributed by atoms with Gasteiger partial charge < -0.3 is 0 Å². The predicted molar refractivity (Wildman–Crippen MR) is 390 cm³/mol. The number of aromatic nitrogens is 8. The molecule has 0 unspecified atom stereocenters. The van der Waals surface area contributed by atoms with Gasteiger partial charge in [-0.3, -0.25) is 0 Å². The molecule has 454 valence electrons. The Kier molecular flexibility index (Phi) is 13.7. The van der Waals surface area contributed by atoms with Crippen LogP contribution in [0, 0.1) is 30.6 Å². The van der Waals surface area contributed by atoms with Crippen molar-refractivity contribution in [2.75, 3.05) is 0 Å². The van der Waals surface area contributed by atoms with Crippen molar-refractivity contribution in [3.05, 3.63) is 228 Å². The third-order valence-electron chi connectivity index (χ3n) is 20.8. The van der Waals surface area contributed by atoms with E-state index in [4.69, 9.17) is 51.5 Å². The van der Waals surface area contributed by atoms with Crippen LogP contribution in [0.5, 0.6) is 0 Å². The van der Waals surface area contributed by atoms with Gasteiger partial charge in [0.15, 0.2) is 40.8 Å². The summed E-state index contributed by atoms with van der Waals surface area (Å²) < 4.78 is 2.55. The van der Waals surface area contributed by atoms with Crippen LogP contribution in [-0.2, 0) is 5.41 Å². The molecule has 0 atom stereocenters. The number of thiophene rings is 1. The molecule has 4 fully saturated rings. The van der Waals surface area contributed by atoms with Gasteiger partial charge in [-0.05, 0) is 156 Å². The second kappa shape index (κ2) is 22.1. The molecule has 12 heteroatoms. The molecule has 4 saturated carbocycles. The van der Waals surface area contributed by atoms with Crippen molar-refractivity contribution < 1.29 is 0 Å². The Bertz CT molecular complexity index is 5120. The van der Waals surface area contributed by atoms with E-state index in [2.05, 4.69) is 216 Å². The van der Waals surface area contributed by atoms with Crippen LogP contribution in [0.25, 0.3) is 133 Å². The first-order valence-electron chi connectivity index (χ1n) is 32.8. The van der Waals surface area contributed by atoms with E-state index in [0.29, 0.717) is 63.3 Å². The van der Waals surface area contributed by atoms with Gasteiger partial charge in [0.1, 0.15) is 5.69 Å². The van der Waals surface area contributed by atoms with E-state index in [1.54, 1.807) is 0 Å². The molecular formula is C81H69ClN8SSi2. The number of rotatable bonds is 11. The van der Waals surface area contributed by atoms with Gasteiger partial charge in [-0.15, -0.1) is 11.3 Å². The van der Waals surface area contributed by atoms with Gasteiger partial charge >= 0.3 is 0 Å². The molecule has 0 amide bonds. The maximum absolute atomic E-state index is 6.41. The Morgan fingerprint density at radius 3 is 1.42 bits per heavy atom. The Labute approximate surface area is 554 Å². The summed E-state index contributed by atoms with van der Waals surface area (Å²) in [4.78, 5) is 41.7. The van der Waals surface area contributed by atoms with E-state index in [-0.39, 0.29) is 5.41 Å². The molecule has 0 N–H and O–H groups in total. The quantitative estimate of drug-likeness (QED) is 0.118. The zero-order valence-corrected chi connectivity index (χ0v) is 56.9. The molecule has 0 aliphatic heterocycles. The highest BCUT2D eigenvalue weighted by atomic mass is 35.5. The van der Waals surface area contributed by atoms with Crippen molar-refractivity contribution in [3.8, 4) is 113 Å². The highest BCUT2D eigenvalue weighted by Crippen LogP contribution is 2.70. The lowest BCUT2D eigenvalue weighted by Gasteiger charge is -2.61. The van der Waals surface area contributed by atoms with Crippen molar-refractivity contribution >= 4 is 69.6 Å². The van der Waals surface area contributed by atoms with Crippen molar-refractivity contribution in [2.45, 2.75) is 83.7 Å². The standard InChI is InChI=1S/C81H69ClN8SSi2/c1-47-15-17-50(18-16-47)75-85-76(52-21-30-60(31-22-52)92(2,3)4)88-79(87-75)55-26-34-62(68(44-55)67-13-10-12-66-65-11-8-9-14-72(65)91-73(66)67)54-25-35-63-64-36-27-56(46-70(64)81(69(63)45-54)57-40-48-39-49(42-57)43-58(81)41-48)74-83-38-37-71(84-74)80-89-77(51-19-28-59(82)29-20-51)86-78(90-80)53-23-32-61(33-24-53)93(5,6)7/h8-38,44-46,48-49,57-58H,39-43H2,1-7H3.